The van der Waals surface area contributed by atoms with Gasteiger partial charge in [-0.05, 0) is 105 Å². The molecule has 8 heteroatoms. The number of carbonyl (C=O) groups excluding carboxylic acids is 1. The topological polar surface area (TPSA) is 100 Å². The van der Waals surface area contributed by atoms with Gasteiger partial charge in [-0.2, -0.15) is 0 Å². The molecule has 0 fully saturated rings. The van der Waals surface area contributed by atoms with Crippen molar-refractivity contribution >= 4 is 22.1 Å². The molecule has 0 spiro atoms. The highest BCUT2D eigenvalue weighted by atomic mass is 28.1. The van der Waals surface area contributed by atoms with Gasteiger partial charge < -0.3 is 20.3 Å². The number of hydrogen-bond acceptors (Lipinski definition) is 4. The maximum absolute atomic E-state index is 14.0. The summed E-state index contributed by atoms with van der Waals surface area (Å²) in [5, 5.41) is 15.1. The van der Waals surface area contributed by atoms with Crippen LogP contribution < -0.4 is 16.2 Å². The Morgan fingerprint density at radius 3 is 2.29 bits per heavy atom. The monoisotopic (exact) mass is 575 g/mol. The van der Waals surface area contributed by atoms with E-state index in [2.05, 4.69) is 57.4 Å². The number of amides is 1. The molecule has 0 aliphatic carbocycles. The molecule has 1 aromatic heterocycles. The van der Waals surface area contributed by atoms with Gasteiger partial charge in [-0.15, -0.1) is 0 Å². The van der Waals surface area contributed by atoms with Gasteiger partial charge in [-0.1, -0.05) is 49.7 Å². The highest BCUT2D eigenvalue weighted by Crippen LogP contribution is 2.32. The second-order valence-electron chi connectivity index (χ2n) is 11.9. The lowest BCUT2D eigenvalue weighted by Crippen LogP contribution is -2.51. The summed E-state index contributed by atoms with van der Waals surface area (Å²) in [6.07, 6.45) is 3.41. The normalized spacial score (nSPS) is 13.6. The summed E-state index contributed by atoms with van der Waals surface area (Å²) in [6, 6.07) is 14.9. The summed E-state index contributed by atoms with van der Waals surface area (Å²) >= 11 is 0. The van der Waals surface area contributed by atoms with Crippen LogP contribution in [0, 0.1) is 26.7 Å². The van der Waals surface area contributed by atoms with E-state index in [9.17, 15) is 19.5 Å². The smallest absolute Gasteiger partial charge is 0.305 e. The molecule has 7 nitrogen and oxygen atoms in total. The van der Waals surface area contributed by atoms with Crippen molar-refractivity contribution in [3.63, 3.8) is 0 Å². The van der Waals surface area contributed by atoms with Crippen LogP contribution in [0.1, 0.15) is 67.0 Å². The summed E-state index contributed by atoms with van der Waals surface area (Å²) in [4.78, 5) is 39.3. The average Bonchev–Trinajstić information content (AvgIpc) is 2.87. The lowest BCUT2D eigenvalue weighted by atomic mass is 9.91. The van der Waals surface area contributed by atoms with Gasteiger partial charge in [0.25, 0.3) is 5.56 Å². The number of pyridine rings is 1. The van der Waals surface area contributed by atoms with Crippen molar-refractivity contribution in [3.05, 3.63) is 92.9 Å². The molecule has 0 bridgehead atoms. The van der Waals surface area contributed by atoms with Crippen LogP contribution in [0.2, 0.25) is 0 Å². The molecule has 0 aliphatic rings. The molecule has 2 atom stereocenters. The lowest BCUT2D eigenvalue weighted by molar-refractivity contribution is -0.138. The first kappa shape index (κ1) is 32.0. The van der Waals surface area contributed by atoms with Crippen LogP contribution in [0.4, 0.5) is 0 Å². The zero-order valence-electron chi connectivity index (χ0n) is 25.5. The van der Waals surface area contributed by atoms with E-state index in [1.165, 1.54) is 10.1 Å². The number of carbonyl (C=O) groups is 2. The van der Waals surface area contributed by atoms with Crippen molar-refractivity contribution in [2.24, 2.45) is 5.92 Å². The number of nitrogens with zero attached hydrogens (tertiary/aromatic N) is 1. The predicted molar refractivity (Wildman–Crippen MR) is 170 cm³/mol. The summed E-state index contributed by atoms with van der Waals surface area (Å²) in [6.45, 7) is 11.1. The molecule has 1 amide bonds. The fourth-order valence-corrected chi connectivity index (χ4v) is 6.49. The average molecular weight is 576 g/mol. The first-order valence-electron chi connectivity index (χ1n) is 14.4. The maximum atomic E-state index is 14.0. The molecular formula is C33H45N3O4Si. The Hall–Kier alpha value is -3.49. The largest absolute Gasteiger partial charge is 0.481 e. The van der Waals surface area contributed by atoms with Crippen LogP contribution in [0.15, 0.2) is 59.5 Å². The molecule has 2 aromatic carbocycles. The van der Waals surface area contributed by atoms with E-state index in [-0.39, 0.29) is 17.9 Å². The Kier molecular flexibility index (Phi) is 10.9. The molecule has 0 unspecified atom stereocenters. The summed E-state index contributed by atoms with van der Waals surface area (Å²) in [7, 11) is 2.22. The van der Waals surface area contributed by atoms with E-state index in [4.69, 9.17) is 0 Å². The molecule has 0 saturated carbocycles. The summed E-state index contributed by atoms with van der Waals surface area (Å²) in [5.41, 5.74) is 7.02. The predicted octanol–water partition coefficient (Wildman–Crippen LogP) is 3.99. The van der Waals surface area contributed by atoms with Crippen molar-refractivity contribution in [1.29, 1.82) is 0 Å². The van der Waals surface area contributed by atoms with Gasteiger partial charge in [-0.3, -0.25) is 14.4 Å². The number of aryl methyl sites for hydroxylation is 3. The first-order valence-corrected chi connectivity index (χ1v) is 15.4. The number of likely N-dealkylation sites (N-methyl/N-ethyl adjacent to an activating group) is 1. The SMILES string of the molecule is CNCCc1ccn([C@@H](CCC(C)C)C(=O)N[C@]([SiH3])(CC(=O)O)c2cccc(-c3c(C)cc(C)cc3C)c2)c(=O)c1. The van der Waals surface area contributed by atoms with Crippen LogP contribution in [0.3, 0.4) is 0 Å². The van der Waals surface area contributed by atoms with E-state index in [0.29, 0.717) is 29.0 Å². The summed E-state index contributed by atoms with van der Waals surface area (Å²) < 4.78 is 1.50. The number of carboxylic acids is 1. The standard InChI is InChI=1S/C33H45N3O4Si/c1-21(2)10-11-28(36-15-13-25(12-14-34-6)18-29(36)37)32(40)35-33(41,20-30(38)39)27-9-7-8-26(19-27)31-23(4)16-22(3)17-24(31)5/h7-9,13,15-19,21,28,34H,10-12,14,20H2,1-6,41H3,(H,35,40)(H,38,39)/t28-,33-/m0/s1. The van der Waals surface area contributed by atoms with Crippen molar-refractivity contribution in [3.8, 4) is 11.1 Å². The molecule has 1 heterocycles. The second-order valence-corrected chi connectivity index (χ2v) is 13.6. The molecule has 0 saturated heterocycles. The minimum Gasteiger partial charge on any atom is -0.481 e. The molecule has 3 aromatic rings. The van der Waals surface area contributed by atoms with Gasteiger partial charge in [0.05, 0.1) is 11.6 Å². The van der Waals surface area contributed by atoms with Crippen molar-refractivity contribution < 1.29 is 14.7 Å². The number of aliphatic carboxylic acids is 1. The zero-order chi connectivity index (χ0) is 30.3. The Balaban J connectivity index is 2.03. The highest BCUT2D eigenvalue weighted by molar-refractivity contribution is 6.18. The lowest BCUT2D eigenvalue weighted by Gasteiger charge is -2.33. The summed E-state index contributed by atoms with van der Waals surface area (Å²) in [5.74, 6) is -0.980. The molecular weight excluding hydrogens is 530 g/mol. The fourth-order valence-electron chi connectivity index (χ4n) is 5.63. The van der Waals surface area contributed by atoms with Crippen LogP contribution in [-0.2, 0) is 21.2 Å². The number of nitrogens with one attached hydrogen (secondary N) is 2. The van der Waals surface area contributed by atoms with Gasteiger partial charge in [0.1, 0.15) is 6.04 Å². The fraction of sp³-hybridized carbons (Fsp3) is 0.424. The zero-order valence-corrected chi connectivity index (χ0v) is 27.5. The Morgan fingerprint density at radius 2 is 1.71 bits per heavy atom. The third-order valence-corrected chi connectivity index (χ3v) is 8.88. The van der Waals surface area contributed by atoms with Gasteiger partial charge in [0.15, 0.2) is 0 Å². The van der Waals surface area contributed by atoms with E-state index >= 15 is 0 Å². The van der Waals surface area contributed by atoms with Crippen LogP contribution in [0.5, 0.6) is 0 Å². The molecule has 3 N–H and O–H groups in total. The third kappa shape index (κ3) is 8.27. The van der Waals surface area contributed by atoms with Crippen LogP contribution in [0.25, 0.3) is 11.1 Å². The number of carboxylic acid groups (broad SMARTS) is 1. The first-order chi connectivity index (χ1) is 19.3. The van der Waals surface area contributed by atoms with Gasteiger partial charge in [0, 0.05) is 22.5 Å². The Labute approximate surface area is 246 Å². The second kappa shape index (κ2) is 13.9. The minimum absolute atomic E-state index is 0.230. The van der Waals surface area contributed by atoms with Crippen LogP contribution in [-0.4, -0.2) is 45.4 Å². The number of rotatable bonds is 13. The quantitative estimate of drug-likeness (QED) is 0.268. The van der Waals surface area contributed by atoms with Crippen molar-refractivity contribution in [2.75, 3.05) is 13.6 Å². The molecule has 3 rings (SSSR count). The minimum atomic E-state index is -1.06. The third-order valence-electron chi connectivity index (χ3n) is 7.70. The number of aromatic nitrogens is 1. The van der Waals surface area contributed by atoms with Gasteiger partial charge in [0.2, 0.25) is 5.91 Å². The van der Waals surface area contributed by atoms with E-state index in [1.54, 1.807) is 12.3 Å². The Morgan fingerprint density at radius 1 is 1.02 bits per heavy atom. The molecule has 0 radical (unpaired) electrons. The number of benzene rings is 2. The van der Waals surface area contributed by atoms with Gasteiger partial charge in [-0.25, -0.2) is 0 Å². The van der Waals surface area contributed by atoms with E-state index < -0.39 is 17.2 Å². The van der Waals surface area contributed by atoms with E-state index in [1.807, 2.05) is 37.4 Å². The maximum Gasteiger partial charge on any atom is 0.305 e. The van der Waals surface area contributed by atoms with Crippen molar-refractivity contribution in [1.82, 2.24) is 15.2 Å². The molecule has 0 aliphatic heterocycles. The number of hydrogen-bond donors (Lipinski definition) is 3. The van der Waals surface area contributed by atoms with E-state index in [0.717, 1.165) is 46.3 Å². The van der Waals surface area contributed by atoms with Crippen LogP contribution >= 0.6 is 0 Å². The van der Waals surface area contributed by atoms with Crippen molar-refractivity contribution in [2.45, 2.75) is 71.5 Å². The molecule has 220 valence electrons. The molecule has 41 heavy (non-hydrogen) atoms. The highest BCUT2D eigenvalue weighted by Gasteiger charge is 2.34. The Bertz CT molecular complexity index is 1430. The van der Waals surface area contributed by atoms with Gasteiger partial charge >= 0.3 is 5.97 Å².